The first-order valence-electron chi connectivity index (χ1n) is 6.56. The van der Waals surface area contributed by atoms with Gasteiger partial charge in [-0.25, -0.2) is 9.67 Å². The molecule has 2 heterocycles. The summed E-state index contributed by atoms with van der Waals surface area (Å²) in [5.41, 5.74) is 6.17. The van der Waals surface area contributed by atoms with E-state index < -0.39 is 0 Å². The maximum atomic E-state index is 6.17. The lowest BCUT2D eigenvalue weighted by Gasteiger charge is -2.14. The molecule has 17 heavy (non-hydrogen) atoms. The predicted octanol–water partition coefficient (Wildman–Crippen LogP) is 1.65. The van der Waals surface area contributed by atoms with Crippen LogP contribution in [0.15, 0.2) is 6.33 Å². The Balaban J connectivity index is 1.85. The van der Waals surface area contributed by atoms with Gasteiger partial charge in [-0.1, -0.05) is 6.92 Å². The van der Waals surface area contributed by atoms with E-state index in [9.17, 15) is 0 Å². The number of aryl methyl sites for hydroxylation is 1. The fourth-order valence-corrected chi connectivity index (χ4v) is 2.31. The molecule has 0 bridgehead atoms. The fraction of sp³-hybridized carbons (Fsp3) is 0.833. The van der Waals surface area contributed by atoms with E-state index in [4.69, 9.17) is 10.5 Å². The first-order chi connectivity index (χ1) is 8.31. The van der Waals surface area contributed by atoms with Crippen LogP contribution in [0.5, 0.6) is 0 Å². The van der Waals surface area contributed by atoms with Crippen LogP contribution >= 0.6 is 0 Å². The van der Waals surface area contributed by atoms with Crippen LogP contribution in [0.4, 0.5) is 0 Å². The monoisotopic (exact) mass is 238 g/mol. The SMILES string of the molecule is CCCn1ncnc1C(N)CCC1CCCO1. The highest BCUT2D eigenvalue weighted by atomic mass is 16.5. The summed E-state index contributed by atoms with van der Waals surface area (Å²) in [7, 11) is 0. The number of ether oxygens (including phenoxy) is 1. The first-order valence-corrected chi connectivity index (χ1v) is 6.56. The maximum absolute atomic E-state index is 6.17. The normalized spacial score (nSPS) is 21.9. The van der Waals surface area contributed by atoms with Gasteiger partial charge >= 0.3 is 0 Å². The molecule has 1 aliphatic heterocycles. The molecule has 2 atom stereocenters. The average Bonchev–Trinajstić information content (AvgIpc) is 2.97. The molecule has 1 aromatic rings. The van der Waals surface area contributed by atoms with Crippen molar-refractivity contribution in [1.82, 2.24) is 14.8 Å². The number of aromatic nitrogens is 3. The van der Waals surface area contributed by atoms with Gasteiger partial charge in [0.05, 0.1) is 12.1 Å². The lowest BCUT2D eigenvalue weighted by Crippen LogP contribution is -2.19. The van der Waals surface area contributed by atoms with Gasteiger partial charge < -0.3 is 10.5 Å². The van der Waals surface area contributed by atoms with E-state index in [1.54, 1.807) is 6.33 Å². The molecular weight excluding hydrogens is 216 g/mol. The van der Waals surface area contributed by atoms with Crippen LogP contribution in [-0.2, 0) is 11.3 Å². The molecule has 1 saturated heterocycles. The molecule has 0 saturated carbocycles. The molecule has 96 valence electrons. The molecule has 0 amide bonds. The zero-order chi connectivity index (χ0) is 12.1. The van der Waals surface area contributed by atoms with Gasteiger partial charge in [-0.05, 0) is 32.1 Å². The summed E-state index contributed by atoms with van der Waals surface area (Å²) < 4.78 is 7.52. The van der Waals surface area contributed by atoms with Crippen molar-refractivity contribution in [2.24, 2.45) is 5.73 Å². The summed E-state index contributed by atoms with van der Waals surface area (Å²) in [5, 5.41) is 4.20. The Morgan fingerprint density at radius 3 is 3.24 bits per heavy atom. The number of nitrogens with zero attached hydrogens (tertiary/aromatic N) is 3. The molecule has 2 unspecified atom stereocenters. The molecule has 5 heteroatoms. The highest BCUT2D eigenvalue weighted by Gasteiger charge is 2.19. The van der Waals surface area contributed by atoms with Crippen molar-refractivity contribution in [3.8, 4) is 0 Å². The fourth-order valence-electron chi connectivity index (χ4n) is 2.31. The van der Waals surface area contributed by atoms with E-state index in [1.165, 1.54) is 12.8 Å². The van der Waals surface area contributed by atoms with Crippen molar-refractivity contribution in [3.63, 3.8) is 0 Å². The Labute approximate surface area is 102 Å². The average molecular weight is 238 g/mol. The first kappa shape index (κ1) is 12.5. The summed E-state index contributed by atoms with van der Waals surface area (Å²) in [4.78, 5) is 4.27. The largest absolute Gasteiger partial charge is 0.378 e. The third kappa shape index (κ3) is 3.26. The van der Waals surface area contributed by atoms with Crippen LogP contribution in [0.2, 0.25) is 0 Å². The lowest BCUT2D eigenvalue weighted by atomic mass is 10.1. The van der Waals surface area contributed by atoms with E-state index in [2.05, 4.69) is 17.0 Å². The highest BCUT2D eigenvalue weighted by molar-refractivity contribution is 4.93. The second-order valence-electron chi connectivity index (χ2n) is 4.66. The Morgan fingerprint density at radius 2 is 2.53 bits per heavy atom. The van der Waals surface area contributed by atoms with E-state index >= 15 is 0 Å². The molecule has 5 nitrogen and oxygen atoms in total. The minimum absolute atomic E-state index is 0.0201. The molecule has 1 aliphatic rings. The predicted molar refractivity (Wildman–Crippen MR) is 65.4 cm³/mol. The van der Waals surface area contributed by atoms with Gasteiger partial charge in [-0.2, -0.15) is 5.10 Å². The molecule has 0 radical (unpaired) electrons. The summed E-state index contributed by atoms with van der Waals surface area (Å²) in [6.45, 7) is 3.93. The van der Waals surface area contributed by atoms with Crippen molar-refractivity contribution in [2.45, 2.75) is 57.7 Å². The number of rotatable bonds is 6. The quantitative estimate of drug-likeness (QED) is 0.818. The Bertz CT molecular complexity index is 333. The summed E-state index contributed by atoms with van der Waals surface area (Å²) in [6, 6.07) is -0.0201. The van der Waals surface area contributed by atoms with Crippen LogP contribution in [0.3, 0.4) is 0 Å². The van der Waals surface area contributed by atoms with Gasteiger partial charge in [-0.3, -0.25) is 0 Å². The van der Waals surface area contributed by atoms with E-state index in [0.717, 1.165) is 38.2 Å². The van der Waals surface area contributed by atoms with Gasteiger partial charge in [0.25, 0.3) is 0 Å². The van der Waals surface area contributed by atoms with Crippen molar-refractivity contribution in [3.05, 3.63) is 12.2 Å². The number of nitrogens with two attached hydrogens (primary N) is 1. The van der Waals surface area contributed by atoms with Crippen LogP contribution in [0.25, 0.3) is 0 Å². The number of hydrogen-bond acceptors (Lipinski definition) is 4. The summed E-state index contributed by atoms with van der Waals surface area (Å²) in [5.74, 6) is 0.907. The van der Waals surface area contributed by atoms with Crippen LogP contribution in [-0.4, -0.2) is 27.5 Å². The Hall–Kier alpha value is -0.940. The molecule has 2 rings (SSSR count). The second kappa shape index (κ2) is 6.12. The van der Waals surface area contributed by atoms with Crippen molar-refractivity contribution < 1.29 is 4.74 Å². The number of hydrogen-bond donors (Lipinski definition) is 1. The molecule has 0 aliphatic carbocycles. The molecule has 0 aromatic carbocycles. The van der Waals surface area contributed by atoms with Gasteiger partial charge in [0, 0.05) is 13.2 Å². The summed E-state index contributed by atoms with van der Waals surface area (Å²) >= 11 is 0. The van der Waals surface area contributed by atoms with Crippen LogP contribution in [0.1, 0.15) is 50.9 Å². The van der Waals surface area contributed by atoms with Crippen LogP contribution < -0.4 is 5.73 Å². The zero-order valence-electron chi connectivity index (χ0n) is 10.5. The third-order valence-corrected chi connectivity index (χ3v) is 3.24. The van der Waals surface area contributed by atoms with Gasteiger partial charge in [0.15, 0.2) is 0 Å². The molecule has 1 aromatic heterocycles. The minimum atomic E-state index is -0.0201. The molecule has 2 N–H and O–H groups in total. The highest BCUT2D eigenvalue weighted by Crippen LogP contribution is 2.21. The summed E-state index contributed by atoms with van der Waals surface area (Å²) in [6.07, 6.45) is 7.36. The molecule has 1 fully saturated rings. The van der Waals surface area contributed by atoms with Crippen LogP contribution in [0, 0.1) is 0 Å². The van der Waals surface area contributed by atoms with Crippen molar-refractivity contribution >= 4 is 0 Å². The van der Waals surface area contributed by atoms with E-state index in [-0.39, 0.29) is 6.04 Å². The van der Waals surface area contributed by atoms with Crippen molar-refractivity contribution in [1.29, 1.82) is 0 Å². The van der Waals surface area contributed by atoms with Gasteiger partial charge in [0.1, 0.15) is 12.2 Å². The topological polar surface area (TPSA) is 66.0 Å². The van der Waals surface area contributed by atoms with E-state index in [0.29, 0.717) is 6.10 Å². The van der Waals surface area contributed by atoms with Gasteiger partial charge in [0.2, 0.25) is 0 Å². The Kier molecular flexibility index (Phi) is 4.50. The Morgan fingerprint density at radius 1 is 1.65 bits per heavy atom. The minimum Gasteiger partial charge on any atom is -0.378 e. The van der Waals surface area contributed by atoms with Crippen molar-refractivity contribution in [2.75, 3.05) is 6.61 Å². The van der Waals surface area contributed by atoms with Gasteiger partial charge in [-0.15, -0.1) is 0 Å². The second-order valence-corrected chi connectivity index (χ2v) is 4.66. The third-order valence-electron chi connectivity index (χ3n) is 3.24. The molecule has 0 spiro atoms. The zero-order valence-corrected chi connectivity index (χ0v) is 10.5. The smallest absolute Gasteiger partial charge is 0.143 e. The molecular formula is C12H22N4O. The van der Waals surface area contributed by atoms with E-state index in [1.807, 2.05) is 4.68 Å². The lowest BCUT2D eigenvalue weighted by molar-refractivity contribution is 0.100. The standard InChI is InChI=1S/C12H22N4O/c1-2-7-16-12(14-9-15-16)11(13)6-5-10-4-3-8-17-10/h9-11H,2-8,13H2,1H3. The maximum Gasteiger partial charge on any atom is 0.143 e.